The van der Waals surface area contributed by atoms with E-state index in [9.17, 15) is 9.59 Å². The molecule has 0 radical (unpaired) electrons. The zero-order chi connectivity index (χ0) is 9.14. The van der Waals surface area contributed by atoms with Crippen molar-refractivity contribution in [2.75, 3.05) is 0 Å². The lowest BCUT2D eigenvalue weighted by atomic mass is 10.3. The molecule has 0 spiro atoms. The van der Waals surface area contributed by atoms with Crippen molar-refractivity contribution in [1.29, 1.82) is 0 Å². The zero-order valence-corrected chi connectivity index (χ0v) is 6.70. The number of aliphatic carboxylic acids is 1. The summed E-state index contributed by atoms with van der Waals surface area (Å²) in [5.41, 5.74) is 0.358. The highest BCUT2D eigenvalue weighted by molar-refractivity contribution is 5.66. The Labute approximate surface area is 68.6 Å². The molecule has 5 nitrogen and oxygen atoms in total. The quantitative estimate of drug-likeness (QED) is 0.661. The smallest absolute Gasteiger partial charge is 0.325 e. The van der Waals surface area contributed by atoms with E-state index in [4.69, 9.17) is 5.11 Å². The van der Waals surface area contributed by atoms with Crippen LogP contribution in [-0.4, -0.2) is 20.9 Å². The third kappa shape index (κ3) is 1.55. The average molecular weight is 170 g/mol. The van der Waals surface area contributed by atoms with Gasteiger partial charge in [0, 0.05) is 11.8 Å². The van der Waals surface area contributed by atoms with Crippen LogP contribution >= 0.6 is 0 Å². The summed E-state index contributed by atoms with van der Waals surface area (Å²) in [5, 5.41) is 11.0. The Balaban J connectivity index is 2.95. The lowest BCUT2D eigenvalue weighted by Gasteiger charge is -1.93. The van der Waals surface area contributed by atoms with Gasteiger partial charge in [-0.3, -0.25) is 9.59 Å². The second kappa shape index (κ2) is 3.25. The SMILES string of the molecule is CCc1c[nH]n(CC(=O)O)c1=O. The first kappa shape index (κ1) is 8.58. The van der Waals surface area contributed by atoms with Gasteiger partial charge in [-0.15, -0.1) is 0 Å². The second-order valence-electron chi connectivity index (χ2n) is 2.44. The van der Waals surface area contributed by atoms with Crippen molar-refractivity contribution >= 4 is 5.97 Å². The molecular formula is C7H10N2O3. The van der Waals surface area contributed by atoms with Gasteiger partial charge in [0.05, 0.1) is 0 Å². The Bertz CT molecular complexity index is 337. The van der Waals surface area contributed by atoms with Crippen molar-refractivity contribution in [3.63, 3.8) is 0 Å². The summed E-state index contributed by atoms with van der Waals surface area (Å²) in [4.78, 5) is 21.4. The Morgan fingerprint density at radius 2 is 2.42 bits per heavy atom. The number of carboxylic acids is 1. The molecule has 0 amide bonds. The number of hydrogen-bond acceptors (Lipinski definition) is 2. The van der Waals surface area contributed by atoms with Gasteiger partial charge < -0.3 is 10.2 Å². The Morgan fingerprint density at radius 3 is 2.83 bits per heavy atom. The van der Waals surface area contributed by atoms with Crippen LogP contribution in [0.1, 0.15) is 12.5 Å². The van der Waals surface area contributed by atoms with Crippen LogP contribution in [0.2, 0.25) is 0 Å². The second-order valence-corrected chi connectivity index (χ2v) is 2.44. The van der Waals surface area contributed by atoms with Crippen molar-refractivity contribution in [2.45, 2.75) is 19.9 Å². The van der Waals surface area contributed by atoms with E-state index >= 15 is 0 Å². The van der Waals surface area contributed by atoms with Crippen molar-refractivity contribution in [2.24, 2.45) is 0 Å². The number of aryl methyl sites for hydroxylation is 1. The summed E-state index contributed by atoms with van der Waals surface area (Å²) in [6, 6.07) is 0. The molecule has 12 heavy (non-hydrogen) atoms. The summed E-state index contributed by atoms with van der Waals surface area (Å²) >= 11 is 0. The lowest BCUT2D eigenvalue weighted by molar-refractivity contribution is -0.137. The van der Waals surface area contributed by atoms with E-state index in [-0.39, 0.29) is 12.1 Å². The molecule has 1 aromatic rings. The molecule has 1 rings (SSSR count). The molecule has 0 bridgehead atoms. The molecule has 0 saturated heterocycles. The van der Waals surface area contributed by atoms with E-state index in [0.717, 1.165) is 4.68 Å². The molecule has 1 aromatic heterocycles. The van der Waals surface area contributed by atoms with Gasteiger partial charge >= 0.3 is 5.97 Å². The lowest BCUT2D eigenvalue weighted by Crippen LogP contribution is -2.23. The third-order valence-corrected chi connectivity index (χ3v) is 1.59. The molecule has 0 aliphatic carbocycles. The number of aromatic amines is 1. The van der Waals surface area contributed by atoms with Gasteiger partial charge in [0.15, 0.2) is 0 Å². The molecular weight excluding hydrogens is 160 g/mol. The van der Waals surface area contributed by atoms with E-state index in [0.29, 0.717) is 12.0 Å². The average Bonchev–Trinajstić information content (AvgIpc) is 2.32. The number of carboxylic acid groups (broad SMARTS) is 1. The van der Waals surface area contributed by atoms with Crippen LogP contribution in [0.5, 0.6) is 0 Å². The maximum atomic E-state index is 11.2. The van der Waals surface area contributed by atoms with Crippen LogP contribution in [-0.2, 0) is 17.8 Å². The minimum absolute atomic E-state index is 0.250. The third-order valence-electron chi connectivity index (χ3n) is 1.59. The minimum Gasteiger partial charge on any atom is -0.480 e. The maximum Gasteiger partial charge on any atom is 0.325 e. The predicted molar refractivity (Wildman–Crippen MR) is 42.1 cm³/mol. The van der Waals surface area contributed by atoms with Gasteiger partial charge in [0.25, 0.3) is 5.56 Å². The van der Waals surface area contributed by atoms with Gasteiger partial charge in [-0.05, 0) is 6.42 Å². The number of nitrogens with zero attached hydrogens (tertiary/aromatic N) is 1. The largest absolute Gasteiger partial charge is 0.480 e. The van der Waals surface area contributed by atoms with Crippen LogP contribution < -0.4 is 5.56 Å². The van der Waals surface area contributed by atoms with Gasteiger partial charge in [0.2, 0.25) is 0 Å². The van der Waals surface area contributed by atoms with Crippen molar-refractivity contribution < 1.29 is 9.90 Å². The molecule has 1 heterocycles. The number of H-pyrrole nitrogens is 1. The van der Waals surface area contributed by atoms with Gasteiger partial charge in [-0.2, -0.15) is 0 Å². The highest BCUT2D eigenvalue weighted by Crippen LogP contribution is 1.89. The van der Waals surface area contributed by atoms with Crippen LogP contribution in [0.3, 0.4) is 0 Å². The maximum absolute atomic E-state index is 11.2. The summed E-state index contributed by atoms with van der Waals surface area (Å²) in [6.45, 7) is 1.54. The van der Waals surface area contributed by atoms with E-state index in [2.05, 4.69) is 5.10 Å². The van der Waals surface area contributed by atoms with Crippen LogP contribution in [0.25, 0.3) is 0 Å². The van der Waals surface area contributed by atoms with E-state index in [1.54, 1.807) is 0 Å². The monoisotopic (exact) mass is 170 g/mol. The first-order valence-corrected chi connectivity index (χ1v) is 3.64. The molecule has 0 aromatic carbocycles. The van der Waals surface area contributed by atoms with Crippen LogP contribution in [0.4, 0.5) is 0 Å². The summed E-state index contributed by atoms with van der Waals surface area (Å²) < 4.78 is 1.07. The minimum atomic E-state index is -1.03. The number of carbonyl (C=O) groups is 1. The fraction of sp³-hybridized carbons (Fsp3) is 0.429. The van der Waals surface area contributed by atoms with E-state index in [1.807, 2.05) is 6.92 Å². The first-order valence-electron chi connectivity index (χ1n) is 3.64. The van der Waals surface area contributed by atoms with E-state index in [1.165, 1.54) is 6.20 Å². The van der Waals surface area contributed by atoms with Crippen molar-refractivity contribution in [3.05, 3.63) is 22.1 Å². The molecule has 0 fully saturated rings. The van der Waals surface area contributed by atoms with Gasteiger partial charge in [-0.1, -0.05) is 6.92 Å². The molecule has 0 unspecified atom stereocenters. The summed E-state index contributed by atoms with van der Waals surface area (Å²) in [5.74, 6) is -1.03. The number of hydrogen-bond donors (Lipinski definition) is 2. The molecule has 5 heteroatoms. The number of rotatable bonds is 3. The Hall–Kier alpha value is -1.52. The summed E-state index contributed by atoms with van der Waals surface area (Å²) in [7, 11) is 0. The number of nitrogens with one attached hydrogen (secondary N) is 1. The highest BCUT2D eigenvalue weighted by Gasteiger charge is 2.06. The molecule has 0 aliphatic rings. The molecule has 0 aliphatic heterocycles. The van der Waals surface area contributed by atoms with Crippen LogP contribution in [0.15, 0.2) is 11.0 Å². The van der Waals surface area contributed by atoms with Gasteiger partial charge in [-0.25, -0.2) is 4.68 Å². The van der Waals surface area contributed by atoms with Crippen molar-refractivity contribution in [1.82, 2.24) is 9.78 Å². The standard InChI is InChI=1S/C7H10N2O3/c1-2-5-3-8-9(7(5)12)4-6(10)11/h3,8H,2,4H2,1H3,(H,10,11). The molecule has 0 atom stereocenters. The normalized spacial score (nSPS) is 10.1. The zero-order valence-electron chi connectivity index (χ0n) is 6.70. The molecule has 0 saturated carbocycles. The Kier molecular flexibility index (Phi) is 2.32. The number of aromatic nitrogens is 2. The fourth-order valence-corrected chi connectivity index (χ4v) is 0.956. The van der Waals surface area contributed by atoms with Crippen molar-refractivity contribution in [3.8, 4) is 0 Å². The van der Waals surface area contributed by atoms with Crippen LogP contribution in [0, 0.1) is 0 Å². The highest BCUT2D eigenvalue weighted by atomic mass is 16.4. The van der Waals surface area contributed by atoms with Gasteiger partial charge in [0.1, 0.15) is 6.54 Å². The topological polar surface area (TPSA) is 75.1 Å². The first-order chi connectivity index (χ1) is 5.65. The summed E-state index contributed by atoms with van der Waals surface area (Å²) in [6.07, 6.45) is 2.15. The fourth-order valence-electron chi connectivity index (χ4n) is 0.956. The molecule has 2 N–H and O–H groups in total. The molecule has 66 valence electrons. The Morgan fingerprint density at radius 1 is 1.75 bits per heavy atom. The predicted octanol–water partition coefficient (Wildman–Crippen LogP) is -0.177. The van der Waals surface area contributed by atoms with E-state index < -0.39 is 5.97 Å².